The zero-order valence-corrected chi connectivity index (χ0v) is 11.8. The lowest BCUT2D eigenvalue weighted by molar-refractivity contribution is 0.0938. The summed E-state index contributed by atoms with van der Waals surface area (Å²) in [6, 6.07) is 4.14. The summed E-state index contributed by atoms with van der Waals surface area (Å²) in [5.74, 6) is -0.525. The molecule has 1 fully saturated rings. The first-order valence-corrected chi connectivity index (χ1v) is 7.98. The van der Waals surface area contributed by atoms with Crippen molar-refractivity contribution in [2.75, 3.05) is 11.5 Å². The monoisotopic (exact) mass is 333 g/mol. The summed E-state index contributed by atoms with van der Waals surface area (Å²) >= 11 is 3.21. The molecule has 18 heavy (non-hydrogen) atoms. The third kappa shape index (κ3) is 3.02. The smallest absolute Gasteiger partial charge is 0.255 e. The number of aromatic hydroxyl groups is 1. The second-order valence-electron chi connectivity index (χ2n) is 4.23. The first kappa shape index (κ1) is 13.4. The zero-order valence-electron chi connectivity index (χ0n) is 9.39. The first-order chi connectivity index (χ1) is 8.37. The van der Waals surface area contributed by atoms with Gasteiger partial charge in [0.15, 0.2) is 9.84 Å². The van der Waals surface area contributed by atoms with E-state index in [1.54, 1.807) is 6.07 Å². The van der Waals surface area contributed by atoms with E-state index in [2.05, 4.69) is 21.2 Å². The molecule has 1 amide bonds. The Balaban J connectivity index is 2.11. The number of nitrogens with one attached hydrogen (secondary N) is 1. The topological polar surface area (TPSA) is 83.5 Å². The fourth-order valence-electron chi connectivity index (χ4n) is 1.86. The molecule has 2 N–H and O–H groups in total. The molecule has 1 aromatic rings. The van der Waals surface area contributed by atoms with Gasteiger partial charge in [0.05, 0.1) is 17.1 Å². The number of amides is 1. The molecule has 0 radical (unpaired) electrons. The number of halogens is 1. The Morgan fingerprint density at radius 2 is 2.17 bits per heavy atom. The van der Waals surface area contributed by atoms with Gasteiger partial charge in [0.2, 0.25) is 0 Å². The molecule has 0 aliphatic carbocycles. The number of benzene rings is 1. The van der Waals surface area contributed by atoms with Crippen molar-refractivity contribution in [3.63, 3.8) is 0 Å². The van der Waals surface area contributed by atoms with Gasteiger partial charge in [-0.2, -0.15) is 0 Å². The van der Waals surface area contributed by atoms with Gasteiger partial charge in [-0.25, -0.2) is 8.42 Å². The lowest BCUT2D eigenvalue weighted by Gasteiger charge is -2.11. The lowest BCUT2D eigenvalue weighted by atomic mass is 10.1. The summed E-state index contributed by atoms with van der Waals surface area (Å²) in [5, 5.41) is 12.2. The molecule has 1 aliphatic rings. The number of carbonyl (C=O) groups is 1. The summed E-state index contributed by atoms with van der Waals surface area (Å²) in [5.41, 5.74) is 0.133. The van der Waals surface area contributed by atoms with Crippen LogP contribution in [0.15, 0.2) is 22.7 Å². The quantitative estimate of drug-likeness (QED) is 0.848. The van der Waals surface area contributed by atoms with Crippen LogP contribution in [0.4, 0.5) is 0 Å². The molecule has 98 valence electrons. The normalized spacial score (nSPS) is 21.7. The van der Waals surface area contributed by atoms with Gasteiger partial charge < -0.3 is 10.4 Å². The van der Waals surface area contributed by atoms with Gasteiger partial charge in [-0.05, 0) is 24.6 Å². The lowest BCUT2D eigenvalue weighted by Crippen LogP contribution is -2.35. The molecule has 1 atom stereocenters. The van der Waals surface area contributed by atoms with Gasteiger partial charge in [-0.3, -0.25) is 4.79 Å². The minimum absolute atomic E-state index is 0.0342. The van der Waals surface area contributed by atoms with Crippen LogP contribution >= 0.6 is 15.9 Å². The van der Waals surface area contributed by atoms with Crippen LogP contribution in [0.2, 0.25) is 0 Å². The van der Waals surface area contributed by atoms with Crippen molar-refractivity contribution >= 4 is 31.7 Å². The molecule has 0 spiro atoms. The summed E-state index contributed by atoms with van der Waals surface area (Å²) in [4.78, 5) is 11.9. The molecule has 5 nitrogen and oxygen atoms in total. The highest BCUT2D eigenvalue weighted by Crippen LogP contribution is 2.22. The molecule has 1 heterocycles. The number of phenolic OH excluding ortho intramolecular Hbond substituents is 1. The van der Waals surface area contributed by atoms with Crippen LogP contribution in [-0.4, -0.2) is 37.0 Å². The molecule has 1 aliphatic heterocycles. The highest BCUT2D eigenvalue weighted by Gasteiger charge is 2.29. The van der Waals surface area contributed by atoms with E-state index in [9.17, 15) is 18.3 Å². The first-order valence-electron chi connectivity index (χ1n) is 5.37. The van der Waals surface area contributed by atoms with Gasteiger partial charge in [0, 0.05) is 10.5 Å². The van der Waals surface area contributed by atoms with Crippen molar-refractivity contribution in [2.45, 2.75) is 12.5 Å². The zero-order chi connectivity index (χ0) is 13.3. The van der Waals surface area contributed by atoms with Crippen LogP contribution < -0.4 is 5.32 Å². The maximum absolute atomic E-state index is 11.9. The molecule has 1 aromatic carbocycles. The van der Waals surface area contributed by atoms with Crippen molar-refractivity contribution in [1.82, 2.24) is 5.32 Å². The third-order valence-corrected chi connectivity index (χ3v) is 5.03. The van der Waals surface area contributed by atoms with Gasteiger partial charge in [-0.15, -0.1) is 0 Å². The SMILES string of the molecule is O=C(N[C@@H]1CCS(=O)(=O)C1)c1cc(Br)ccc1O. The average Bonchev–Trinajstić information content (AvgIpc) is 2.61. The van der Waals surface area contributed by atoms with Gasteiger partial charge in [-0.1, -0.05) is 15.9 Å². The Kier molecular flexibility index (Phi) is 3.63. The van der Waals surface area contributed by atoms with E-state index in [0.29, 0.717) is 10.9 Å². The Morgan fingerprint density at radius 3 is 2.78 bits per heavy atom. The van der Waals surface area contributed by atoms with Crippen molar-refractivity contribution in [3.8, 4) is 5.75 Å². The van der Waals surface area contributed by atoms with Crippen molar-refractivity contribution in [2.24, 2.45) is 0 Å². The second kappa shape index (κ2) is 4.89. The number of hydrogen-bond acceptors (Lipinski definition) is 4. The van der Waals surface area contributed by atoms with Crippen molar-refractivity contribution < 1.29 is 18.3 Å². The molecule has 0 unspecified atom stereocenters. The molecule has 7 heteroatoms. The number of sulfone groups is 1. The fraction of sp³-hybridized carbons (Fsp3) is 0.364. The summed E-state index contributed by atoms with van der Waals surface area (Å²) in [6.45, 7) is 0. The minimum Gasteiger partial charge on any atom is -0.507 e. The molecule has 0 bridgehead atoms. The van der Waals surface area contributed by atoms with Crippen LogP contribution in [-0.2, 0) is 9.84 Å². The average molecular weight is 334 g/mol. The minimum atomic E-state index is -3.03. The van der Waals surface area contributed by atoms with E-state index in [1.165, 1.54) is 12.1 Å². The van der Waals surface area contributed by atoms with Crippen LogP contribution in [0.25, 0.3) is 0 Å². The molecule has 0 aromatic heterocycles. The molecule has 1 saturated heterocycles. The number of phenols is 1. The molecule has 0 saturated carbocycles. The number of carbonyl (C=O) groups excluding carboxylic acids is 1. The third-order valence-electron chi connectivity index (χ3n) is 2.77. The predicted octanol–water partition coefficient (Wildman–Crippen LogP) is 1.07. The van der Waals surface area contributed by atoms with Crippen LogP contribution in [0.5, 0.6) is 5.75 Å². The van der Waals surface area contributed by atoms with Crippen LogP contribution in [0, 0.1) is 0 Å². The van der Waals surface area contributed by atoms with Gasteiger partial charge in [0.1, 0.15) is 5.75 Å². The highest BCUT2D eigenvalue weighted by atomic mass is 79.9. The van der Waals surface area contributed by atoms with E-state index in [1.807, 2.05) is 0 Å². The number of hydrogen-bond donors (Lipinski definition) is 2. The molecular formula is C11H12BrNO4S. The van der Waals surface area contributed by atoms with Gasteiger partial charge >= 0.3 is 0 Å². The number of rotatable bonds is 2. The second-order valence-corrected chi connectivity index (χ2v) is 7.38. The van der Waals surface area contributed by atoms with E-state index in [0.717, 1.165) is 0 Å². The highest BCUT2D eigenvalue weighted by molar-refractivity contribution is 9.10. The standard InChI is InChI=1S/C11H12BrNO4S/c12-7-1-2-10(14)9(5-7)11(15)13-8-3-4-18(16,17)6-8/h1-2,5,8,14H,3-4,6H2,(H,13,15)/t8-/m1/s1. The summed E-state index contributed by atoms with van der Waals surface area (Å²) < 4.78 is 23.2. The maximum Gasteiger partial charge on any atom is 0.255 e. The Morgan fingerprint density at radius 1 is 1.44 bits per heavy atom. The predicted molar refractivity (Wildman–Crippen MR) is 70.3 cm³/mol. The van der Waals surface area contributed by atoms with Crippen molar-refractivity contribution in [3.05, 3.63) is 28.2 Å². The molecule has 2 rings (SSSR count). The summed E-state index contributed by atoms with van der Waals surface area (Å²) in [7, 11) is -3.03. The van der Waals surface area contributed by atoms with Crippen LogP contribution in [0.3, 0.4) is 0 Å². The van der Waals surface area contributed by atoms with Crippen LogP contribution in [0.1, 0.15) is 16.8 Å². The Labute approximate surface area is 113 Å². The van der Waals surface area contributed by atoms with E-state index in [-0.39, 0.29) is 28.9 Å². The largest absolute Gasteiger partial charge is 0.507 e. The van der Waals surface area contributed by atoms with Crippen molar-refractivity contribution in [1.29, 1.82) is 0 Å². The van der Waals surface area contributed by atoms with E-state index in [4.69, 9.17) is 0 Å². The fourth-order valence-corrected chi connectivity index (χ4v) is 3.90. The Bertz CT molecular complexity index is 585. The maximum atomic E-state index is 11.9. The summed E-state index contributed by atoms with van der Waals surface area (Å²) in [6.07, 6.45) is 0.419. The van der Waals surface area contributed by atoms with Gasteiger partial charge in [0.25, 0.3) is 5.91 Å². The Hall–Kier alpha value is -1.08. The van der Waals surface area contributed by atoms with E-state index < -0.39 is 15.7 Å². The van der Waals surface area contributed by atoms with E-state index >= 15 is 0 Å². The molecular weight excluding hydrogens is 322 g/mol.